The van der Waals surface area contributed by atoms with Crippen molar-refractivity contribution in [2.45, 2.75) is 53.4 Å². The molecule has 0 saturated carbocycles. The minimum Gasteiger partial charge on any atom is -0.466 e. The van der Waals surface area contributed by atoms with Crippen molar-refractivity contribution >= 4 is 28.5 Å². The first kappa shape index (κ1) is 25.1. The van der Waals surface area contributed by atoms with Gasteiger partial charge in [0.15, 0.2) is 0 Å². The zero-order chi connectivity index (χ0) is 23.8. The van der Waals surface area contributed by atoms with Gasteiger partial charge in [0.05, 0.1) is 12.5 Å². The van der Waals surface area contributed by atoms with Gasteiger partial charge in [-0.05, 0) is 38.2 Å². The Kier molecular flexibility index (Phi) is 9.23. The van der Waals surface area contributed by atoms with Crippen LogP contribution >= 0.6 is 11.5 Å². The number of carbonyl (C=O) groups is 2. The predicted octanol–water partition coefficient (Wildman–Crippen LogP) is 4.09. The smallest absolute Gasteiger partial charge is 0.309 e. The average Bonchev–Trinajstić information content (AvgIpc) is 3.26. The van der Waals surface area contributed by atoms with Crippen LogP contribution in [0.5, 0.6) is 0 Å². The summed E-state index contributed by atoms with van der Waals surface area (Å²) in [5.74, 6) is 1.19. The number of benzene rings is 1. The number of hydrogen-bond donors (Lipinski definition) is 0. The number of amides is 1. The van der Waals surface area contributed by atoms with E-state index >= 15 is 0 Å². The number of carbonyl (C=O) groups excluding carboxylic acids is 2. The van der Waals surface area contributed by atoms with Gasteiger partial charge < -0.3 is 14.5 Å². The molecule has 0 unspecified atom stereocenters. The van der Waals surface area contributed by atoms with Crippen molar-refractivity contribution in [1.29, 1.82) is 0 Å². The fourth-order valence-corrected chi connectivity index (χ4v) is 4.77. The molecular formula is C25H36N4O3S. The second-order valence-corrected chi connectivity index (χ2v) is 9.88. The molecule has 1 amide bonds. The van der Waals surface area contributed by atoms with Crippen LogP contribution < -0.4 is 4.90 Å². The van der Waals surface area contributed by atoms with Gasteiger partial charge in [-0.15, -0.1) is 0 Å². The number of esters is 1. The van der Waals surface area contributed by atoms with Crippen LogP contribution in [0.15, 0.2) is 24.3 Å². The Labute approximate surface area is 201 Å². The Balaban J connectivity index is 1.54. The standard InChI is InChI=1S/C25H36N4O3S/c1-5-32-24(31)21-10-13-28(14-11-21)23(30)12-15-29(17-18(2)3)25-26-22(27-33-25)16-20-8-6-19(4)7-9-20/h6-9,18,21H,5,10-17H2,1-4H3. The molecule has 8 heteroatoms. The summed E-state index contributed by atoms with van der Waals surface area (Å²) in [5, 5.41) is 0.875. The SMILES string of the molecule is CCOC(=O)C1CCN(C(=O)CCN(CC(C)C)c2nc(Cc3ccc(C)cc3)ns2)CC1. The van der Waals surface area contributed by atoms with E-state index in [9.17, 15) is 9.59 Å². The summed E-state index contributed by atoms with van der Waals surface area (Å²) >= 11 is 1.41. The molecule has 1 aliphatic heterocycles. The summed E-state index contributed by atoms with van der Waals surface area (Å²) < 4.78 is 9.69. The van der Waals surface area contributed by atoms with Crippen molar-refractivity contribution in [3.05, 3.63) is 41.2 Å². The number of anilines is 1. The fourth-order valence-electron chi connectivity index (χ4n) is 4.05. The molecule has 1 aromatic carbocycles. The van der Waals surface area contributed by atoms with Crippen molar-refractivity contribution in [1.82, 2.24) is 14.3 Å². The van der Waals surface area contributed by atoms with Gasteiger partial charge in [0.25, 0.3) is 0 Å². The maximum Gasteiger partial charge on any atom is 0.309 e. The molecule has 2 aromatic rings. The molecule has 2 heterocycles. The molecule has 0 bridgehead atoms. The van der Waals surface area contributed by atoms with Crippen LogP contribution in [0, 0.1) is 18.8 Å². The van der Waals surface area contributed by atoms with E-state index < -0.39 is 0 Å². The van der Waals surface area contributed by atoms with E-state index in [0.717, 1.165) is 17.5 Å². The Bertz CT molecular complexity index is 905. The molecule has 0 atom stereocenters. The molecule has 1 aromatic heterocycles. The molecule has 0 aliphatic carbocycles. The Morgan fingerprint density at radius 3 is 2.55 bits per heavy atom. The topological polar surface area (TPSA) is 75.6 Å². The van der Waals surface area contributed by atoms with E-state index in [1.165, 1.54) is 22.7 Å². The molecule has 3 rings (SSSR count). The highest BCUT2D eigenvalue weighted by atomic mass is 32.1. The summed E-state index contributed by atoms with van der Waals surface area (Å²) in [5.41, 5.74) is 2.44. The zero-order valence-corrected chi connectivity index (χ0v) is 21.1. The van der Waals surface area contributed by atoms with E-state index in [0.29, 0.717) is 57.8 Å². The molecule has 0 N–H and O–H groups in total. The first-order valence-electron chi connectivity index (χ1n) is 11.9. The maximum absolute atomic E-state index is 12.8. The van der Waals surface area contributed by atoms with Crippen LogP contribution in [0.4, 0.5) is 5.13 Å². The quantitative estimate of drug-likeness (QED) is 0.485. The third-order valence-corrected chi connectivity index (χ3v) is 6.67. The van der Waals surface area contributed by atoms with Crippen LogP contribution in [0.3, 0.4) is 0 Å². The van der Waals surface area contributed by atoms with E-state index in [4.69, 9.17) is 9.72 Å². The lowest BCUT2D eigenvalue weighted by Gasteiger charge is -2.32. The lowest BCUT2D eigenvalue weighted by molar-refractivity contribution is -0.151. The molecule has 1 aliphatic rings. The van der Waals surface area contributed by atoms with Crippen molar-refractivity contribution in [2.24, 2.45) is 11.8 Å². The van der Waals surface area contributed by atoms with Crippen molar-refractivity contribution < 1.29 is 14.3 Å². The zero-order valence-electron chi connectivity index (χ0n) is 20.2. The second kappa shape index (κ2) is 12.1. The lowest BCUT2D eigenvalue weighted by Crippen LogP contribution is -2.42. The van der Waals surface area contributed by atoms with Crippen LogP contribution in [-0.4, -0.2) is 58.9 Å². The summed E-state index contributed by atoms with van der Waals surface area (Å²) in [6.45, 7) is 11.3. The van der Waals surface area contributed by atoms with Crippen molar-refractivity contribution in [3.63, 3.8) is 0 Å². The van der Waals surface area contributed by atoms with Gasteiger partial charge in [0, 0.05) is 50.6 Å². The predicted molar refractivity (Wildman–Crippen MR) is 131 cm³/mol. The number of piperidine rings is 1. The van der Waals surface area contributed by atoms with Crippen molar-refractivity contribution in [2.75, 3.05) is 37.7 Å². The van der Waals surface area contributed by atoms with Gasteiger partial charge in [0.1, 0.15) is 5.82 Å². The number of hydrogen-bond acceptors (Lipinski definition) is 7. The highest BCUT2D eigenvalue weighted by molar-refractivity contribution is 7.09. The molecule has 1 fully saturated rings. The molecule has 7 nitrogen and oxygen atoms in total. The monoisotopic (exact) mass is 472 g/mol. The minimum absolute atomic E-state index is 0.0835. The Morgan fingerprint density at radius 2 is 1.91 bits per heavy atom. The van der Waals surface area contributed by atoms with Crippen molar-refractivity contribution in [3.8, 4) is 0 Å². The second-order valence-electron chi connectivity index (χ2n) is 9.15. The molecular weight excluding hydrogens is 436 g/mol. The summed E-state index contributed by atoms with van der Waals surface area (Å²) in [7, 11) is 0. The maximum atomic E-state index is 12.8. The molecule has 0 radical (unpaired) electrons. The fraction of sp³-hybridized carbons (Fsp3) is 0.600. The normalized spacial score (nSPS) is 14.5. The van der Waals surface area contributed by atoms with Gasteiger partial charge in [-0.1, -0.05) is 43.7 Å². The number of likely N-dealkylation sites (tertiary alicyclic amines) is 1. The Hall–Kier alpha value is -2.48. The van der Waals surface area contributed by atoms with E-state index in [2.05, 4.69) is 54.3 Å². The number of rotatable bonds is 10. The number of ether oxygens (including phenoxy) is 1. The van der Waals surface area contributed by atoms with Crippen LogP contribution in [0.2, 0.25) is 0 Å². The third kappa shape index (κ3) is 7.52. The molecule has 180 valence electrons. The Morgan fingerprint density at radius 1 is 1.21 bits per heavy atom. The number of nitrogens with zero attached hydrogens (tertiary/aromatic N) is 4. The summed E-state index contributed by atoms with van der Waals surface area (Å²) in [4.78, 5) is 33.6. The third-order valence-electron chi connectivity index (χ3n) is 5.86. The number of aryl methyl sites for hydroxylation is 1. The highest BCUT2D eigenvalue weighted by Gasteiger charge is 2.28. The van der Waals surface area contributed by atoms with Gasteiger partial charge in [-0.2, -0.15) is 4.37 Å². The van der Waals surface area contributed by atoms with Gasteiger partial charge in [0.2, 0.25) is 11.0 Å². The minimum atomic E-state index is -0.134. The molecule has 1 saturated heterocycles. The van der Waals surface area contributed by atoms with Gasteiger partial charge in [-0.3, -0.25) is 9.59 Å². The van der Waals surface area contributed by atoms with Crippen LogP contribution in [-0.2, 0) is 20.7 Å². The molecule has 33 heavy (non-hydrogen) atoms. The van der Waals surface area contributed by atoms with E-state index in [1.54, 1.807) is 0 Å². The number of aromatic nitrogens is 2. The van der Waals surface area contributed by atoms with Crippen LogP contribution in [0.1, 0.15) is 57.0 Å². The van der Waals surface area contributed by atoms with E-state index in [-0.39, 0.29) is 17.8 Å². The highest BCUT2D eigenvalue weighted by Crippen LogP contribution is 2.22. The largest absolute Gasteiger partial charge is 0.466 e. The van der Waals surface area contributed by atoms with E-state index in [1.807, 2.05) is 11.8 Å². The first-order chi connectivity index (χ1) is 15.9. The summed E-state index contributed by atoms with van der Waals surface area (Å²) in [6.07, 6.45) is 2.50. The van der Waals surface area contributed by atoms with Gasteiger partial charge >= 0.3 is 5.97 Å². The van der Waals surface area contributed by atoms with Crippen LogP contribution in [0.25, 0.3) is 0 Å². The lowest BCUT2D eigenvalue weighted by atomic mass is 9.97. The first-order valence-corrected chi connectivity index (χ1v) is 12.7. The molecule has 0 spiro atoms. The summed E-state index contributed by atoms with van der Waals surface area (Å²) in [6, 6.07) is 8.45. The van der Waals surface area contributed by atoms with Gasteiger partial charge in [-0.25, -0.2) is 4.98 Å². The average molecular weight is 473 g/mol.